The molecule has 2 nitrogen and oxygen atoms in total. The molecule has 0 aliphatic carbocycles. The zero-order valence-corrected chi connectivity index (χ0v) is 11.7. The van der Waals surface area contributed by atoms with Crippen LogP contribution in [-0.4, -0.2) is 21.1 Å². The molecule has 1 saturated heterocycles. The predicted octanol–water partition coefficient (Wildman–Crippen LogP) is 4.42. The van der Waals surface area contributed by atoms with Crippen molar-refractivity contribution in [1.82, 2.24) is 9.55 Å². The highest BCUT2D eigenvalue weighted by atomic mass is 35.5. The molecule has 0 radical (unpaired) electrons. The summed E-state index contributed by atoms with van der Waals surface area (Å²) in [6.45, 7) is 0. The lowest BCUT2D eigenvalue weighted by molar-refractivity contribution is 0.476. The Morgan fingerprint density at radius 3 is 2.88 bits per heavy atom. The predicted molar refractivity (Wildman–Crippen MR) is 77.7 cm³/mol. The molecule has 0 bridgehead atoms. The molecule has 1 aromatic carbocycles. The van der Waals surface area contributed by atoms with Gasteiger partial charge in [0, 0.05) is 11.1 Å². The minimum absolute atomic E-state index is 0.540. The van der Waals surface area contributed by atoms with E-state index in [0.29, 0.717) is 6.04 Å². The number of nitrogens with one attached hydrogen (secondary N) is 1. The fourth-order valence-corrected chi connectivity index (χ4v) is 4.02. The van der Waals surface area contributed by atoms with E-state index in [1.807, 2.05) is 23.9 Å². The number of halogens is 1. The van der Waals surface area contributed by atoms with Gasteiger partial charge in [-0.05, 0) is 54.8 Å². The zero-order chi connectivity index (χ0) is 11.8. The Morgan fingerprint density at radius 1 is 1.35 bits per heavy atom. The Morgan fingerprint density at radius 2 is 2.12 bits per heavy atom. The smallest absolute Gasteiger partial charge is 0.178 e. The van der Waals surface area contributed by atoms with Crippen LogP contribution in [0.2, 0.25) is 5.02 Å². The lowest BCUT2D eigenvalue weighted by Crippen LogP contribution is -2.15. The first kappa shape index (κ1) is 11.6. The zero-order valence-electron chi connectivity index (χ0n) is 9.28. The van der Waals surface area contributed by atoms with Crippen LogP contribution in [0.5, 0.6) is 0 Å². The number of benzene rings is 1. The molecule has 3 rings (SSSR count). The Hall–Kier alpha value is -0.450. The van der Waals surface area contributed by atoms with Crippen LogP contribution in [0, 0.1) is 4.77 Å². The highest BCUT2D eigenvalue weighted by Gasteiger charge is 2.18. The summed E-state index contributed by atoms with van der Waals surface area (Å²) in [4.78, 5) is 3.25. The van der Waals surface area contributed by atoms with E-state index in [2.05, 4.69) is 15.6 Å². The number of aromatic nitrogens is 2. The molecule has 0 spiro atoms. The van der Waals surface area contributed by atoms with Crippen molar-refractivity contribution in [3.05, 3.63) is 28.0 Å². The quantitative estimate of drug-likeness (QED) is 0.783. The van der Waals surface area contributed by atoms with Crippen LogP contribution in [0.3, 0.4) is 0 Å². The number of nitrogens with zero attached hydrogens (tertiary/aromatic N) is 1. The minimum Gasteiger partial charge on any atom is -0.331 e. The lowest BCUT2D eigenvalue weighted by atomic mass is 10.1. The number of rotatable bonds is 1. The number of thioether (sulfide) groups is 1. The van der Waals surface area contributed by atoms with Gasteiger partial charge in [-0.3, -0.25) is 0 Å². The molecular weight excluding hydrogens is 272 g/mol. The third kappa shape index (κ3) is 2.14. The van der Waals surface area contributed by atoms with Crippen molar-refractivity contribution in [3.63, 3.8) is 0 Å². The van der Waals surface area contributed by atoms with E-state index in [0.717, 1.165) is 15.3 Å². The molecule has 2 heterocycles. The van der Waals surface area contributed by atoms with Gasteiger partial charge in [-0.15, -0.1) is 0 Å². The first-order valence-corrected chi connectivity index (χ1v) is 7.67. The third-order valence-electron chi connectivity index (χ3n) is 3.23. The monoisotopic (exact) mass is 284 g/mol. The normalized spacial score (nSPS) is 17.7. The van der Waals surface area contributed by atoms with Gasteiger partial charge in [0.1, 0.15) is 0 Å². The summed E-state index contributed by atoms with van der Waals surface area (Å²) in [6, 6.07) is 6.48. The number of hydrogen-bond donors (Lipinski definition) is 1. The molecule has 2 aromatic rings. The molecule has 0 unspecified atom stereocenters. The largest absolute Gasteiger partial charge is 0.331 e. The minimum atomic E-state index is 0.540. The first-order chi connectivity index (χ1) is 8.25. The van der Waals surface area contributed by atoms with Gasteiger partial charge in [-0.1, -0.05) is 11.6 Å². The van der Waals surface area contributed by atoms with E-state index in [-0.39, 0.29) is 0 Å². The fraction of sp³-hybridized carbons (Fsp3) is 0.417. The number of fused-ring (bicyclic) bond motifs is 1. The average molecular weight is 285 g/mol. The summed E-state index contributed by atoms with van der Waals surface area (Å²) >= 11 is 13.5. The van der Waals surface area contributed by atoms with E-state index >= 15 is 0 Å². The maximum Gasteiger partial charge on any atom is 0.178 e. The van der Waals surface area contributed by atoms with Crippen LogP contribution in [0.15, 0.2) is 18.2 Å². The molecule has 1 fully saturated rings. The SMILES string of the molecule is S=c1[nH]c2cc(Cl)ccc2n1C1CCSCC1. The summed E-state index contributed by atoms with van der Waals surface area (Å²) < 4.78 is 3.08. The molecule has 1 aliphatic rings. The average Bonchev–Trinajstić information content (AvgIpc) is 2.65. The maximum absolute atomic E-state index is 6.00. The number of hydrogen-bond acceptors (Lipinski definition) is 2. The topological polar surface area (TPSA) is 20.7 Å². The summed E-state index contributed by atoms with van der Waals surface area (Å²) in [5.41, 5.74) is 2.22. The number of H-pyrrole nitrogens is 1. The van der Waals surface area contributed by atoms with Gasteiger partial charge in [0.2, 0.25) is 0 Å². The molecule has 1 aromatic heterocycles. The van der Waals surface area contributed by atoms with Gasteiger partial charge >= 0.3 is 0 Å². The summed E-state index contributed by atoms with van der Waals surface area (Å²) in [6.07, 6.45) is 2.41. The number of aromatic amines is 1. The van der Waals surface area contributed by atoms with Crippen LogP contribution in [-0.2, 0) is 0 Å². The van der Waals surface area contributed by atoms with Crippen LogP contribution in [0.1, 0.15) is 18.9 Å². The Bertz CT molecular complexity index is 596. The van der Waals surface area contributed by atoms with Gasteiger partial charge in [0.05, 0.1) is 11.0 Å². The van der Waals surface area contributed by atoms with E-state index in [1.54, 1.807) is 0 Å². The van der Waals surface area contributed by atoms with Gasteiger partial charge in [-0.25, -0.2) is 0 Å². The standard InChI is InChI=1S/C12H13ClN2S2/c13-8-1-2-11-10(7-8)14-12(16)15(11)9-3-5-17-6-4-9/h1-2,7,9H,3-6H2,(H,14,16). The lowest BCUT2D eigenvalue weighted by Gasteiger charge is -2.23. The van der Waals surface area contributed by atoms with Crippen LogP contribution < -0.4 is 0 Å². The molecule has 0 atom stereocenters. The fourth-order valence-electron chi connectivity index (χ4n) is 2.41. The van der Waals surface area contributed by atoms with Crippen LogP contribution in [0.4, 0.5) is 0 Å². The molecule has 0 saturated carbocycles. The highest BCUT2D eigenvalue weighted by Crippen LogP contribution is 2.31. The molecule has 17 heavy (non-hydrogen) atoms. The second-order valence-electron chi connectivity index (χ2n) is 4.31. The van der Waals surface area contributed by atoms with E-state index < -0.39 is 0 Å². The van der Waals surface area contributed by atoms with Gasteiger partial charge in [0.25, 0.3) is 0 Å². The van der Waals surface area contributed by atoms with E-state index in [9.17, 15) is 0 Å². The van der Waals surface area contributed by atoms with E-state index in [4.69, 9.17) is 23.8 Å². The van der Waals surface area contributed by atoms with Crippen molar-refractivity contribution < 1.29 is 0 Å². The van der Waals surface area contributed by atoms with Crippen molar-refractivity contribution in [2.24, 2.45) is 0 Å². The molecule has 5 heteroatoms. The van der Waals surface area contributed by atoms with Crippen molar-refractivity contribution in [1.29, 1.82) is 0 Å². The van der Waals surface area contributed by atoms with Crippen molar-refractivity contribution in [3.8, 4) is 0 Å². The van der Waals surface area contributed by atoms with Gasteiger partial charge in [-0.2, -0.15) is 11.8 Å². The van der Waals surface area contributed by atoms with Crippen LogP contribution >= 0.6 is 35.6 Å². The van der Waals surface area contributed by atoms with Crippen LogP contribution in [0.25, 0.3) is 11.0 Å². The van der Waals surface area contributed by atoms with Crippen molar-refractivity contribution in [2.75, 3.05) is 11.5 Å². The van der Waals surface area contributed by atoms with Gasteiger partial charge < -0.3 is 9.55 Å². The Balaban J connectivity index is 2.14. The third-order valence-corrected chi connectivity index (χ3v) is 4.82. The molecule has 1 aliphatic heterocycles. The second kappa shape index (κ2) is 4.67. The molecular formula is C12H13ClN2S2. The summed E-state index contributed by atoms with van der Waals surface area (Å²) in [5.74, 6) is 2.46. The van der Waals surface area contributed by atoms with Crippen molar-refractivity contribution in [2.45, 2.75) is 18.9 Å². The summed E-state index contributed by atoms with van der Waals surface area (Å²) in [7, 11) is 0. The Kier molecular flexibility index (Phi) is 3.19. The maximum atomic E-state index is 6.00. The van der Waals surface area contributed by atoms with E-state index in [1.165, 1.54) is 29.9 Å². The highest BCUT2D eigenvalue weighted by molar-refractivity contribution is 7.99. The second-order valence-corrected chi connectivity index (χ2v) is 6.35. The number of imidazole rings is 1. The Labute approximate surface area is 114 Å². The first-order valence-electron chi connectivity index (χ1n) is 5.73. The molecule has 90 valence electrons. The molecule has 0 amide bonds. The summed E-state index contributed by atoms with van der Waals surface area (Å²) in [5, 5.41) is 0.750. The molecule has 1 N–H and O–H groups in total. The van der Waals surface area contributed by atoms with Crippen molar-refractivity contribution >= 4 is 46.6 Å². The van der Waals surface area contributed by atoms with Gasteiger partial charge in [0.15, 0.2) is 4.77 Å².